The molecule has 204 valence electrons. The van der Waals surface area contributed by atoms with Crippen LogP contribution in [0, 0.1) is 6.92 Å². The van der Waals surface area contributed by atoms with Crippen LogP contribution in [0.1, 0.15) is 46.3 Å². The van der Waals surface area contributed by atoms with Gasteiger partial charge in [0.15, 0.2) is 0 Å². The van der Waals surface area contributed by atoms with E-state index in [1.165, 1.54) is 7.11 Å². The summed E-state index contributed by atoms with van der Waals surface area (Å²) in [5.74, 6) is -0.319. The van der Waals surface area contributed by atoms with Crippen LogP contribution in [0.3, 0.4) is 0 Å². The second kappa shape index (κ2) is 11.5. The molecule has 4 amide bonds. The Labute approximate surface area is 220 Å². The third-order valence-electron chi connectivity index (χ3n) is 6.58. The van der Waals surface area contributed by atoms with Crippen LogP contribution in [0.5, 0.6) is 5.75 Å². The number of likely N-dealkylation sites (N-methyl/N-ethyl adjacent to an activating group) is 1. The molecule has 1 saturated heterocycles. The molecule has 38 heavy (non-hydrogen) atoms. The molecule has 1 atom stereocenters. The number of primary amides is 1. The number of ether oxygens (including phenoxy) is 2. The fourth-order valence-electron chi connectivity index (χ4n) is 4.53. The highest BCUT2D eigenvalue weighted by Gasteiger charge is 2.24. The van der Waals surface area contributed by atoms with Crippen molar-refractivity contribution in [2.45, 2.75) is 45.8 Å². The number of urea groups is 1. The zero-order valence-electron chi connectivity index (χ0n) is 22.1. The minimum atomic E-state index is -0.618. The molecule has 1 aliphatic rings. The van der Waals surface area contributed by atoms with E-state index in [0.717, 1.165) is 12.1 Å². The number of nitrogens with zero attached hydrogens (tertiary/aromatic N) is 5. The largest absolute Gasteiger partial charge is 0.494 e. The normalized spacial score (nSPS) is 15.0. The molecule has 4 rings (SSSR count). The first-order chi connectivity index (χ1) is 18.2. The summed E-state index contributed by atoms with van der Waals surface area (Å²) < 4.78 is 14.3. The first kappa shape index (κ1) is 26.9. The number of nitrogens with two attached hydrogens (primary N) is 1. The quantitative estimate of drug-likeness (QED) is 0.339. The second-order valence-corrected chi connectivity index (χ2v) is 9.15. The Bertz CT molecular complexity index is 1340. The highest BCUT2D eigenvalue weighted by atomic mass is 16.5. The number of amides is 4. The van der Waals surface area contributed by atoms with E-state index in [9.17, 15) is 14.4 Å². The van der Waals surface area contributed by atoms with E-state index in [2.05, 4.69) is 20.7 Å². The summed E-state index contributed by atoms with van der Waals surface area (Å²) in [7, 11) is 3.25. The SMILES string of the molecule is CCn1nc(C)cc1C(=O)Nc1nc2cc(C(N)=O)cc(OC)c2n1CCCNC(=O)N(C)C1CCOC1. The lowest BCUT2D eigenvalue weighted by Crippen LogP contribution is -2.44. The van der Waals surface area contributed by atoms with Crippen molar-refractivity contribution in [1.29, 1.82) is 0 Å². The van der Waals surface area contributed by atoms with Crippen molar-refractivity contribution in [2.75, 3.05) is 39.2 Å². The van der Waals surface area contributed by atoms with Gasteiger partial charge in [-0.15, -0.1) is 0 Å². The van der Waals surface area contributed by atoms with Crippen molar-refractivity contribution in [3.63, 3.8) is 0 Å². The van der Waals surface area contributed by atoms with E-state index >= 15 is 0 Å². The fourth-order valence-corrected chi connectivity index (χ4v) is 4.53. The number of hydrogen-bond acceptors (Lipinski definition) is 7. The molecule has 2 aromatic heterocycles. The lowest BCUT2D eigenvalue weighted by molar-refractivity contribution is 0.0995. The van der Waals surface area contributed by atoms with Crippen molar-refractivity contribution < 1.29 is 23.9 Å². The lowest BCUT2D eigenvalue weighted by atomic mass is 10.1. The van der Waals surface area contributed by atoms with Crippen molar-refractivity contribution in [1.82, 2.24) is 29.5 Å². The predicted octanol–water partition coefficient (Wildman–Crippen LogP) is 1.74. The molecule has 0 spiro atoms. The molecular weight excluding hydrogens is 492 g/mol. The molecule has 0 bridgehead atoms. The molecule has 13 nitrogen and oxygen atoms in total. The van der Waals surface area contributed by atoms with Crippen LogP contribution in [-0.4, -0.2) is 82.0 Å². The number of hydrogen-bond donors (Lipinski definition) is 3. The number of anilines is 1. The summed E-state index contributed by atoms with van der Waals surface area (Å²) in [4.78, 5) is 43.9. The van der Waals surface area contributed by atoms with Crippen molar-refractivity contribution in [3.8, 4) is 5.75 Å². The summed E-state index contributed by atoms with van der Waals surface area (Å²) >= 11 is 0. The first-order valence-electron chi connectivity index (χ1n) is 12.6. The van der Waals surface area contributed by atoms with Gasteiger partial charge in [0.2, 0.25) is 11.9 Å². The number of carbonyl (C=O) groups is 3. The highest BCUT2D eigenvalue weighted by Crippen LogP contribution is 2.31. The van der Waals surface area contributed by atoms with Gasteiger partial charge in [-0.2, -0.15) is 5.10 Å². The average Bonchev–Trinajstić information content (AvgIpc) is 3.64. The maximum atomic E-state index is 13.2. The molecule has 4 N–H and O–H groups in total. The van der Waals surface area contributed by atoms with Gasteiger partial charge in [0.1, 0.15) is 17.0 Å². The molecular formula is C25H34N8O5. The van der Waals surface area contributed by atoms with E-state index in [4.69, 9.17) is 15.2 Å². The Morgan fingerprint density at radius 2 is 2.08 bits per heavy atom. The van der Waals surface area contributed by atoms with Crippen LogP contribution in [0.4, 0.5) is 10.7 Å². The molecule has 13 heteroatoms. The second-order valence-electron chi connectivity index (χ2n) is 9.15. The Hall–Kier alpha value is -4.13. The number of nitrogens with one attached hydrogen (secondary N) is 2. The van der Waals surface area contributed by atoms with Gasteiger partial charge in [-0.25, -0.2) is 9.78 Å². The number of fused-ring (bicyclic) bond motifs is 1. The number of aromatic nitrogens is 4. The van der Waals surface area contributed by atoms with Gasteiger partial charge < -0.3 is 30.0 Å². The number of aryl methyl sites for hydroxylation is 3. The van der Waals surface area contributed by atoms with Crippen molar-refractivity contribution in [2.24, 2.45) is 5.73 Å². The molecule has 3 aromatic rings. The van der Waals surface area contributed by atoms with Crippen LogP contribution < -0.4 is 21.1 Å². The monoisotopic (exact) mass is 526 g/mol. The fraction of sp³-hybridized carbons (Fsp3) is 0.480. The van der Waals surface area contributed by atoms with Crippen molar-refractivity contribution >= 4 is 34.8 Å². The maximum absolute atomic E-state index is 13.2. The number of imidazole rings is 1. The van der Waals surface area contributed by atoms with Gasteiger partial charge in [0.25, 0.3) is 5.91 Å². The maximum Gasteiger partial charge on any atom is 0.317 e. The summed E-state index contributed by atoms with van der Waals surface area (Å²) in [5.41, 5.74) is 7.91. The van der Waals surface area contributed by atoms with E-state index in [0.29, 0.717) is 61.7 Å². The molecule has 0 radical (unpaired) electrons. The average molecular weight is 527 g/mol. The Morgan fingerprint density at radius 3 is 2.74 bits per heavy atom. The third kappa shape index (κ3) is 5.57. The van der Waals surface area contributed by atoms with Gasteiger partial charge in [-0.3, -0.25) is 19.6 Å². The summed E-state index contributed by atoms with van der Waals surface area (Å²) in [6.45, 7) is 6.25. The zero-order valence-corrected chi connectivity index (χ0v) is 22.1. The van der Waals surface area contributed by atoms with Crippen LogP contribution in [0.2, 0.25) is 0 Å². The van der Waals surface area contributed by atoms with Gasteiger partial charge in [-0.1, -0.05) is 0 Å². The zero-order chi connectivity index (χ0) is 27.4. The molecule has 1 aliphatic heterocycles. The molecule has 3 heterocycles. The number of methoxy groups -OCH3 is 1. The molecule has 0 aliphatic carbocycles. The predicted molar refractivity (Wildman–Crippen MR) is 140 cm³/mol. The Kier molecular flexibility index (Phi) is 8.15. The molecule has 0 saturated carbocycles. The van der Waals surface area contributed by atoms with E-state index in [1.807, 2.05) is 13.8 Å². The van der Waals surface area contributed by atoms with E-state index in [1.54, 1.807) is 39.4 Å². The third-order valence-corrected chi connectivity index (χ3v) is 6.58. The number of rotatable bonds is 10. The van der Waals surface area contributed by atoms with Crippen LogP contribution in [-0.2, 0) is 17.8 Å². The highest BCUT2D eigenvalue weighted by molar-refractivity contribution is 6.04. The minimum absolute atomic E-state index is 0.0679. The van der Waals surface area contributed by atoms with Gasteiger partial charge in [-0.05, 0) is 44.9 Å². The van der Waals surface area contributed by atoms with Crippen LogP contribution in [0.25, 0.3) is 11.0 Å². The standard InChI is InChI=1S/C25H34N8O5/c1-5-33-19(11-15(2)30-33)23(35)29-24-28-18-12-16(22(26)34)13-20(37-4)21(18)32(24)9-6-8-27-25(36)31(3)17-7-10-38-14-17/h11-13,17H,5-10,14H2,1-4H3,(H2,26,34)(H,27,36)(H,28,29,35). The minimum Gasteiger partial charge on any atom is -0.494 e. The number of carbonyl (C=O) groups excluding carboxylic acids is 3. The Morgan fingerprint density at radius 1 is 1.29 bits per heavy atom. The smallest absolute Gasteiger partial charge is 0.317 e. The van der Waals surface area contributed by atoms with Gasteiger partial charge >= 0.3 is 6.03 Å². The van der Waals surface area contributed by atoms with E-state index in [-0.39, 0.29) is 29.5 Å². The van der Waals surface area contributed by atoms with Crippen LogP contribution in [0.15, 0.2) is 18.2 Å². The Balaban J connectivity index is 1.58. The number of benzene rings is 1. The molecule has 1 fully saturated rings. The van der Waals surface area contributed by atoms with Gasteiger partial charge in [0.05, 0.1) is 31.0 Å². The van der Waals surface area contributed by atoms with Gasteiger partial charge in [0, 0.05) is 38.9 Å². The van der Waals surface area contributed by atoms with Crippen LogP contribution >= 0.6 is 0 Å². The summed E-state index contributed by atoms with van der Waals surface area (Å²) in [6.07, 6.45) is 1.36. The summed E-state index contributed by atoms with van der Waals surface area (Å²) in [5, 5.41) is 10.2. The molecule has 1 unspecified atom stereocenters. The van der Waals surface area contributed by atoms with Crippen molar-refractivity contribution in [3.05, 3.63) is 35.2 Å². The molecule has 1 aromatic carbocycles. The van der Waals surface area contributed by atoms with E-state index < -0.39 is 5.91 Å². The summed E-state index contributed by atoms with van der Waals surface area (Å²) in [6, 6.07) is 4.71. The first-order valence-corrected chi connectivity index (χ1v) is 12.6. The topological polar surface area (TPSA) is 159 Å². The lowest BCUT2D eigenvalue weighted by Gasteiger charge is -2.23.